The Hall–Kier alpha value is 0.0200. The number of ether oxygens (including phenoxy) is 1. The fourth-order valence-corrected chi connectivity index (χ4v) is 0.504. The van der Waals surface area contributed by atoms with E-state index < -0.39 is 0 Å². The molecule has 0 atom stereocenters. The summed E-state index contributed by atoms with van der Waals surface area (Å²) in [5, 5.41) is 0. The summed E-state index contributed by atoms with van der Waals surface area (Å²) in [6, 6.07) is 10.4. The first-order valence-electron chi connectivity index (χ1n) is 2.44. The second-order valence-corrected chi connectivity index (χ2v) is 1.43. The standard InChI is InChI=1S/C7H7O.Na.H/c1-8-7-5-3-2-4-6-7;;/h2-5H,1H3;;. The minimum absolute atomic E-state index is 0. The van der Waals surface area contributed by atoms with Crippen molar-refractivity contribution >= 4 is 29.6 Å². The van der Waals surface area contributed by atoms with Crippen LogP contribution in [0.2, 0.25) is 0 Å². The van der Waals surface area contributed by atoms with E-state index in [0.717, 1.165) is 5.75 Å². The van der Waals surface area contributed by atoms with E-state index in [2.05, 4.69) is 6.07 Å². The number of rotatable bonds is 1. The number of hydrogen-bond acceptors (Lipinski definition) is 1. The van der Waals surface area contributed by atoms with Crippen molar-refractivity contribution in [3.05, 3.63) is 30.3 Å². The van der Waals surface area contributed by atoms with Gasteiger partial charge in [0.25, 0.3) is 0 Å². The normalized spacial score (nSPS) is 7.67. The van der Waals surface area contributed by atoms with E-state index in [9.17, 15) is 0 Å². The van der Waals surface area contributed by atoms with Crippen LogP contribution in [0.3, 0.4) is 0 Å². The van der Waals surface area contributed by atoms with Gasteiger partial charge in [-0.2, -0.15) is 0 Å². The van der Waals surface area contributed by atoms with Crippen molar-refractivity contribution in [2.75, 3.05) is 7.11 Å². The molecule has 0 saturated heterocycles. The molecule has 1 aromatic carbocycles. The van der Waals surface area contributed by atoms with E-state index in [1.807, 2.05) is 24.3 Å². The van der Waals surface area contributed by atoms with E-state index in [1.165, 1.54) is 0 Å². The van der Waals surface area contributed by atoms with Gasteiger partial charge in [0.15, 0.2) is 0 Å². The molecule has 0 N–H and O–H groups in total. The summed E-state index contributed by atoms with van der Waals surface area (Å²) < 4.78 is 4.86. The molecular formula is C7H8NaO. The van der Waals surface area contributed by atoms with E-state index in [0.29, 0.717) is 0 Å². The topological polar surface area (TPSA) is 9.23 Å². The summed E-state index contributed by atoms with van der Waals surface area (Å²) >= 11 is 0. The van der Waals surface area contributed by atoms with E-state index in [-0.39, 0.29) is 29.6 Å². The van der Waals surface area contributed by atoms with Crippen molar-refractivity contribution in [3.63, 3.8) is 0 Å². The van der Waals surface area contributed by atoms with Gasteiger partial charge < -0.3 is 4.74 Å². The van der Waals surface area contributed by atoms with Crippen molar-refractivity contribution in [2.45, 2.75) is 0 Å². The van der Waals surface area contributed by atoms with Crippen LogP contribution in [0.4, 0.5) is 0 Å². The zero-order valence-corrected chi connectivity index (χ0v) is 4.72. The van der Waals surface area contributed by atoms with Crippen LogP contribution in [-0.2, 0) is 0 Å². The molecule has 1 radical (unpaired) electrons. The molecule has 0 aliphatic carbocycles. The maximum atomic E-state index is 4.86. The van der Waals surface area contributed by atoms with Crippen LogP contribution in [0.15, 0.2) is 24.3 Å². The first-order valence-corrected chi connectivity index (χ1v) is 2.44. The first kappa shape index (κ1) is 9.02. The van der Waals surface area contributed by atoms with Crippen LogP contribution < -0.4 is 4.74 Å². The van der Waals surface area contributed by atoms with Gasteiger partial charge in [0, 0.05) is 6.07 Å². The van der Waals surface area contributed by atoms with Gasteiger partial charge >= 0.3 is 29.6 Å². The molecule has 0 amide bonds. The third-order valence-corrected chi connectivity index (χ3v) is 0.900. The van der Waals surface area contributed by atoms with E-state index in [4.69, 9.17) is 4.74 Å². The van der Waals surface area contributed by atoms with Crippen LogP contribution in [0.25, 0.3) is 0 Å². The molecule has 0 aromatic heterocycles. The van der Waals surface area contributed by atoms with Crippen molar-refractivity contribution < 1.29 is 4.74 Å². The Morgan fingerprint density at radius 2 is 2.22 bits per heavy atom. The molecule has 0 bridgehead atoms. The van der Waals surface area contributed by atoms with Gasteiger partial charge in [-0.25, -0.2) is 0 Å². The summed E-state index contributed by atoms with van der Waals surface area (Å²) in [5.41, 5.74) is 0. The maximum absolute atomic E-state index is 4.86. The zero-order chi connectivity index (χ0) is 5.82. The van der Waals surface area contributed by atoms with Gasteiger partial charge in [0.1, 0.15) is 5.75 Å². The molecule has 43 valence electrons. The summed E-state index contributed by atoms with van der Waals surface area (Å²) in [7, 11) is 1.63. The van der Waals surface area contributed by atoms with Crippen molar-refractivity contribution in [1.82, 2.24) is 0 Å². The monoisotopic (exact) mass is 131 g/mol. The second kappa shape index (κ2) is 4.86. The Labute approximate surface area is 77.3 Å². The molecule has 0 heterocycles. The molecule has 0 aliphatic heterocycles. The van der Waals surface area contributed by atoms with E-state index >= 15 is 0 Å². The zero-order valence-electron chi connectivity index (χ0n) is 4.72. The van der Waals surface area contributed by atoms with Crippen molar-refractivity contribution in [1.29, 1.82) is 0 Å². The number of para-hydroxylation sites is 1. The van der Waals surface area contributed by atoms with Gasteiger partial charge in [0.2, 0.25) is 0 Å². The quantitative estimate of drug-likeness (QED) is 0.513. The number of methoxy groups -OCH3 is 1. The fraction of sp³-hybridized carbons (Fsp3) is 0.143. The summed E-state index contributed by atoms with van der Waals surface area (Å²) in [6.45, 7) is 0. The average molecular weight is 131 g/mol. The molecule has 0 saturated carbocycles. The van der Waals surface area contributed by atoms with Crippen molar-refractivity contribution in [2.24, 2.45) is 0 Å². The predicted molar refractivity (Wildman–Crippen MR) is 39.0 cm³/mol. The molecule has 2 heteroatoms. The molecule has 9 heavy (non-hydrogen) atoms. The van der Waals surface area contributed by atoms with Crippen LogP contribution >= 0.6 is 0 Å². The minimum atomic E-state index is 0. The Balaban J connectivity index is 0.000000640. The fourth-order valence-electron chi connectivity index (χ4n) is 0.504. The van der Waals surface area contributed by atoms with Crippen molar-refractivity contribution in [3.8, 4) is 5.75 Å². The third kappa shape index (κ3) is 2.89. The summed E-state index contributed by atoms with van der Waals surface area (Å²) in [5.74, 6) is 0.785. The van der Waals surface area contributed by atoms with Gasteiger partial charge in [0.05, 0.1) is 7.11 Å². The number of hydrogen-bond donors (Lipinski definition) is 0. The van der Waals surface area contributed by atoms with Crippen LogP contribution in [0.5, 0.6) is 5.75 Å². The molecule has 1 rings (SSSR count). The van der Waals surface area contributed by atoms with Crippen LogP contribution in [0.1, 0.15) is 0 Å². The third-order valence-electron chi connectivity index (χ3n) is 0.900. The summed E-state index contributed by atoms with van der Waals surface area (Å²) in [6.07, 6.45) is 0. The van der Waals surface area contributed by atoms with Gasteiger partial charge in [-0.15, -0.1) is 0 Å². The Bertz CT molecular complexity index is 150. The SMILES string of the molecule is COc1[c]cccc1.[NaH]. The van der Waals surface area contributed by atoms with Gasteiger partial charge in [-0.3, -0.25) is 0 Å². The van der Waals surface area contributed by atoms with E-state index in [1.54, 1.807) is 7.11 Å². The second-order valence-electron chi connectivity index (χ2n) is 1.43. The average Bonchev–Trinajstić information content (AvgIpc) is 1.90. The Morgan fingerprint density at radius 1 is 1.44 bits per heavy atom. The van der Waals surface area contributed by atoms with Crippen LogP contribution in [-0.4, -0.2) is 36.7 Å². The molecule has 0 spiro atoms. The molecule has 1 aromatic rings. The van der Waals surface area contributed by atoms with Gasteiger partial charge in [-0.05, 0) is 6.07 Å². The molecular weight excluding hydrogens is 123 g/mol. The van der Waals surface area contributed by atoms with Gasteiger partial charge in [-0.1, -0.05) is 18.2 Å². The molecule has 0 unspecified atom stereocenters. The van der Waals surface area contributed by atoms with Crippen LogP contribution in [0, 0.1) is 6.07 Å². The Kier molecular flexibility index (Phi) is 4.87. The summed E-state index contributed by atoms with van der Waals surface area (Å²) in [4.78, 5) is 0. The molecule has 0 fully saturated rings. The Morgan fingerprint density at radius 3 is 2.56 bits per heavy atom. The number of benzene rings is 1. The first-order chi connectivity index (χ1) is 3.93. The molecule has 1 nitrogen and oxygen atoms in total. The predicted octanol–water partition coefficient (Wildman–Crippen LogP) is 0.847. The molecule has 0 aliphatic rings.